The molecule has 1 aliphatic heterocycles. The highest BCUT2D eigenvalue weighted by atomic mass is 35.5. The van der Waals surface area contributed by atoms with Crippen molar-refractivity contribution in [3.63, 3.8) is 0 Å². The van der Waals surface area contributed by atoms with Gasteiger partial charge < -0.3 is 5.32 Å². The molecule has 2 heterocycles. The molecule has 2 rings (SSSR count). The van der Waals surface area contributed by atoms with Crippen LogP contribution in [0.1, 0.15) is 35.1 Å². The van der Waals surface area contributed by atoms with E-state index in [1.807, 2.05) is 11.3 Å². The van der Waals surface area contributed by atoms with Gasteiger partial charge in [0.2, 0.25) is 0 Å². The zero-order valence-corrected chi connectivity index (χ0v) is 14.0. The Morgan fingerprint density at radius 1 is 1.32 bits per heavy atom. The lowest BCUT2D eigenvalue weighted by Gasteiger charge is -2.32. The van der Waals surface area contributed by atoms with Gasteiger partial charge in [0.05, 0.1) is 0 Å². The number of likely N-dealkylation sites (tertiary alicyclic amines) is 1. The number of thiophene rings is 1. The topological polar surface area (TPSA) is 15.3 Å². The third kappa shape index (κ3) is 5.07. The van der Waals surface area contributed by atoms with Gasteiger partial charge in [0.15, 0.2) is 0 Å². The average molecular weight is 303 g/mol. The third-order valence-electron chi connectivity index (χ3n) is 3.93. The Balaban J connectivity index is 0.00000180. The van der Waals surface area contributed by atoms with E-state index in [-0.39, 0.29) is 12.4 Å². The van der Waals surface area contributed by atoms with Crippen LogP contribution in [0.25, 0.3) is 0 Å². The van der Waals surface area contributed by atoms with Crippen molar-refractivity contribution in [2.24, 2.45) is 5.92 Å². The monoisotopic (exact) mass is 302 g/mol. The largest absolute Gasteiger partial charge is 0.317 e. The quantitative estimate of drug-likeness (QED) is 0.894. The fourth-order valence-corrected chi connectivity index (χ4v) is 3.72. The normalized spacial score (nSPS) is 17.4. The minimum absolute atomic E-state index is 0. The fraction of sp³-hybridized carbons (Fsp3) is 0.733. The summed E-state index contributed by atoms with van der Waals surface area (Å²) in [5, 5.41) is 3.48. The van der Waals surface area contributed by atoms with Crippen LogP contribution in [0.3, 0.4) is 0 Å². The smallest absolute Gasteiger partial charge is 0.0244 e. The molecule has 1 saturated heterocycles. The van der Waals surface area contributed by atoms with Gasteiger partial charge in [0.25, 0.3) is 0 Å². The van der Waals surface area contributed by atoms with E-state index in [1.165, 1.54) is 42.2 Å². The summed E-state index contributed by atoms with van der Waals surface area (Å²) in [6, 6.07) is 2.37. The van der Waals surface area contributed by atoms with Crippen LogP contribution in [-0.4, -0.2) is 31.1 Å². The molecule has 1 aromatic rings. The van der Waals surface area contributed by atoms with Crippen molar-refractivity contribution in [3.05, 3.63) is 21.4 Å². The van der Waals surface area contributed by atoms with E-state index in [0.29, 0.717) is 0 Å². The van der Waals surface area contributed by atoms with Crippen LogP contribution < -0.4 is 5.32 Å². The molecule has 0 aromatic carbocycles. The molecule has 1 aromatic heterocycles. The Hall–Kier alpha value is -0.0900. The number of nitrogens with zero attached hydrogens (tertiary/aromatic N) is 1. The zero-order valence-electron chi connectivity index (χ0n) is 12.4. The van der Waals surface area contributed by atoms with Crippen LogP contribution in [0.4, 0.5) is 0 Å². The number of piperidine rings is 1. The molecule has 0 spiro atoms. The van der Waals surface area contributed by atoms with E-state index >= 15 is 0 Å². The Kier molecular flexibility index (Phi) is 7.37. The van der Waals surface area contributed by atoms with Crippen molar-refractivity contribution in [2.75, 3.05) is 26.2 Å². The summed E-state index contributed by atoms with van der Waals surface area (Å²) in [6.07, 6.45) is 2.71. The molecule has 1 N–H and O–H groups in total. The Morgan fingerprint density at radius 3 is 2.53 bits per heavy atom. The first kappa shape index (κ1) is 17.0. The van der Waals surface area contributed by atoms with Crippen LogP contribution in [0.15, 0.2) is 6.07 Å². The number of nitrogens with one attached hydrogen (secondary N) is 1. The van der Waals surface area contributed by atoms with E-state index in [4.69, 9.17) is 0 Å². The minimum Gasteiger partial charge on any atom is -0.317 e. The van der Waals surface area contributed by atoms with Crippen LogP contribution >= 0.6 is 23.7 Å². The summed E-state index contributed by atoms with van der Waals surface area (Å²) in [5.41, 5.74) is 1.54. The molecule has 0 bridgehead atoms. The maximum atomic E-state index is 3.48. The van der Waals surface area contributed by atoms with Crippen molar-refractivity contribution >= 4 is 23.7 Å². The van der Waals surface area contributed by atoms with Gasteiger partial charge in [-0.05, 0) is 70.4 Å². The predicted molar refractivity (Wildman–Crippen MR) is 87.6 cm³/mol. The molecular formula is C15H27ClN2S. The molecule has 1 fully saturated rings. The number of hydrogen-bond acceptors (Lipinski definition) is 3. The molecule has 19 heavy (non-hydrogen) atoms. The lowest BCUT2D eigenvalue weighted by molar-refractivity contribution is 0.176. The minimum atomic E-state index is 0. The van der Waals surface area contributed by atoms with Gasteiger partial charge in [0.1, 0.15) is 0 Å². The first-order chi connectivity index (χ1) is 8.69. The van der Waals surface area contributed by atoms with Gasteiger partial charge in [-0.3, -0.25) is 4.90 Å². The molecule has 0 atom stereocenters. The second-order valence-corrected chi connectivity index (χ2v) is 6.93. The van der Waals surface area contributed by atoms with Crippen molar-refractivity contribution in [2.45, 2.75) is 40.2 Å². The van der Waals surface area contributed by atoms with Crippen molar-refractivity contribution in [3.8, 4) is 0 Å². The van der Waals surface area contributed by atoms with Gasteiger partial charge in [-0.2, -0.15) is 0 Å². The third-order valence-corrected chi connectivity index (χ3v) is 4.94. The molecule has 0 amide bonds. The first-order valence-corrected chi connectivity index (χ1v) is 7.99. The van der Waals surface area contributed by atoms with Gasteiger partial charge in [-0.15, -0.1) is 23.7 Å². The van der Waals surface area contributed by atoms with Crippen LogP contribution in [-0.2, 0) is 6.54 Å². The number of halogens is 1. The van der Waals surface area contributed by atoms with Crippen molar-refractivity contribution in [1.29, 1.82) is 0 Å². The standard InChI is InChI=1S/C15H26N2S.ClH/c1-4-16-10-14-5-7-17(8-6-14)11-15-9-12(2)18-13(15)3;/h9,14,16H,4-8,10-11H2,1-3H3;1H. The van der Waals surface area contributed by atoms with Crippen molar-refractivity contribution < 1.29 is 0 Å². The van der Waals surface area contributed by atoms with Gasteiger partial charge in [-0.1, -0.05) is 6.92 Å². The summed E-state index contributed by atoms with van der Waals surface area (Å²) in [5.74, 6) is 0.895. The Morgan fingerprint density at radius 2 is 2.00 bits per heavy atom. The number of aryl methyl sites for hydroxylation is 2. The molecule has 0 saturated carbocycles. The first-order valence-electron chi connectivity index (χ1n) is 7.18. The van der Waals surface area contributed by atoms with E-state index in [0.717, 1.165) is 19.0 Å². The maximum absolute atomic E-state index is 3.48. The van der Waals surface area contributed by atoms with Gasteiger partial charge in [-0.25, -0.2) is 0 Å². The summed E-state index contributed by atoms with van der Waals surface area (Å²) in [7, 11) is 0. The maximum Gasteiger partial charge on any atom is 0.0244 e. The zero-order chi connectivity index (χ0) is 13.0. The SMILES string of the molecule is CCNCC1CCN(Cc2cc(C)sc2C)CC1.Cl. The van der Waals surface area contributed by atoms with E-state index < -0.39 is 0 Å². The summed E-state index contributed by atoms with van der Waals surface area (Å²) >= 11 is 1.93. The van der Waals surface area contributed by atoms with E-state index in [1.54, 1.807) is 5.56 Å². The average Bonchev–Trinajstić information content (AvgIpc) is 2.67. The van der Waals surface area contributed by atoms with Crippen LogP contribution in [0.2, 0.25) is 0 Å². The molecule has 2 nitrogen and oxygen atoms in total. The highest BCUT2D eigenvalue weighted by molar-refractivity contribution is 7.12. The van der Waals surface area contributed by atoms with Crippen molar-refractivity contribution in [1.82, 2.24) is 10.2 Å². The molecular weight excluding hydrogens is 276 g/mol. The lowest BCUT2D eigenvalue weighted by atomic mass is 9.96. The van der Waals surface area contributed by atoms with E-state index in [9.17, 15) is 0 Å². The lowest BCUT2D eigenvalue weighted by Crippen LogP contribution is -2.36. The molecule has 110 valence electrons. The molecule has 1 aliphatic rings. The Labute approximate surface area is 128 Å². The number of hydrogen-bond donors (Lipinski definition) is 1. The van der Waals surface area contributed by atoms with E-state index in [2.05, 4.69) is 37.1 Å². The van der Waals surface area contributed by atoms with Crippen LogP contribution in [0.5, 0.6) is 0 Å². The Bertz CT molecular complexity index is 370. The van der Waals surface area contributed by atoms with Gasteiger partial charge >= 0.3 is 0 Å². The molecule has 0 radical (unpaired) electrons. The highest BCUT2D eigenvalue weighted by Crippen LogP contribution is 2.24. The summed E-state index contributed by atoms with van der Waals surface area (Å²) < 4.78 is 0. The number of rotatable bonds is 5. The highest BCUT2D eigenvalue weighted by Gasteiger charge is 2.19. The fourth-order valence-electron chi connectivity index (χ4n) is 2.78. The van der Waals surface area contributed by atoms with Crippen LogP contribution in [0, 0.1) is 19.8 Å². The molecule has 0 unspecified atom stereocenters. The summed E-state index contributed by atoms with van der Waals surface area (Å²) in [6.45, 7) is 12.7. The summed E-state index contributed by atoms with van der Waals surface area (Å²) in [4.78, 5) is 5.57. The van der Waals surface area contributed by atoms with Gasteiger partial charge in [0, 0.05) is 16.3 Å². The second kappa shape index (κ2) is 8.25. The predicted octanol–water partition coefficient (Wildman–Crippen LogP) is 3.61. The molecule has 4 heteroatoms. The molecule has 0 aliphatic carbocycles. The second-order valence-electron chi connectivity index (χ2n) is 5.47.